The Morgan fingerprint density at radius 1 is 1.33 bits per heavy atom. The standard InChI is InChI=1S/C13H10ClN3O/c14-9-2-1-3-10(6-9)17-8-13(18)16-11-7-15-5-4-12(11)17/h1-7H,8H2,(H,16,18). The molecule has 3 rings (SSSR count). The highest BCUT2D eigenvalue weighted by Crippen LogP contribution is 2.34. The summed E-state index contributed by atoms with van der Waals surface area (Å²) in [6.45, 7) is 0.275. The Labute approximate surface area is 109 Å². The highest BCUT2D eigenvalue weighted by Gasteiger charge is 2.23. The lowest BCUT2D eigenvalue weighted by atomic mass is 10.2. The van der Waals surface area contributed by atoms with E-state index in [1.165, 1.54) is 0 Å². The fourth-order valence-electron chi connectivity index (χ4n) is 2.01. The number of fused-ring (bicyclic) bond motifs is 1. The van der Waals surface area contributed by atoms with Crippen molar-refractivity contribution in [1.82, 2.24) is 4.98 Å². The summed E-state index contributed by atoms with van der Waals surface area (Å²) in [5.41, 5.74) is 2.53. The molecule has 18 heavy (non-hydrogen) atoms. The lowest BCUT2D eigenvalue weighted by Gasteiger charge is -2.30. The molecular formula is C13H10ClN3O. The summed E-state index contributed by atoms with van der Waals surface area (Å²) < 4.78 is 0. The first-order chi connectivity index (χ1) is 8.74. The Hall–Kier alpha value is -2.07. The summed E-state index contributed by atoms with van der Waals surface area (Å²) >= 11 is 5.99. The van der Waals surface area contributed by atoms with E-state index in [1.54, 1.807) is 12.4 Å². The molecule has 0 radical (unpaired) electrons. The number of carbonyl (C=O) groups is 1. The molecule has 0 spiro atoms. The van der Waals surface area contributed by atoms with Crippen LogP contribution >= 0.6 is 11.6 Å². The highest BCUT2D eigenvalue weighted by molar-refractivity contribution is 6.30. The number of amides is 1. The monoisotopic (exact) mass is 259 g/mol. The van der Waals surface area contributed by atoms with Crippen LogP contribution in [0, 0.1) is 0 Å². The molecule has 1 aliphatic heterocycles. The number of halogens is 1. The number of nitrogens with one attached hydrogen (secondary N) is 1. The van der Waals surface area contributed by atoms with E-state index >= 15 is 0 Å². The van der Waals surface area contributed by atoms with E-state index in [0.717, 1.165) is 11.4 Å². The third-order valence-electron chi connectivity index (χ3n) is 2.78. The van der Waals surface area contributed by atoms with Gasteiger partial charge in [0.25, 0.3) is 0 Å². The first-order valence-corrected chi connectivity index (χ1v) is 5.89. The Morgan fingerprint density at radius 2 is 2.22 bits per heavy atom. The Balaban J connectivity index is 2.10. The van der Waals surface area contributed by atoms with Gasteiger partial charge in [-0.3, -0.25) is 9.78 Å². The second kappa shape index (κ2) is 4.31. The zero-order chi connectivity index (χ0) is 12.5. The van der Waals surface area contributed by atoms with Crippen LogP contribution in [-0.4, -0.2) is 17.4 Å². The van der Waals surface area contributed by atoms with E-state index < -0.39 is 0 Å². The van der Waals surface area contributed by atoms with Crippen LogP contribution in [0.4, 0.5) is 17.1 Å². The third kappa shape index (κ3) is 1.91. The van der Waals surface area contributed by atoms with Gasteiger partial charge in [0.2, 0.25) is 5.91 Å². The van der Waals surface area contributed by atoms with Crippen molar-refractivity contribution in [3.8, 4) is 0 Å². The van der Waals surface area contributed by atoms with Crippen LogP contribution < -0.4 is 10.2 Å². The van der Waals surface area contributed by atoms with Crippen LogP contribution in [0.5, 0.6) is 0 Å². The number of carbonyl (C=O) groups excluding carboxylic acids is 1. The van der Waals surface area contributed by atoms with Crippen LogP contribution in [0.25, 0.3) is 0 Å². The minimum absolute atomic E-state index is 0.0597. The molecular weight excluding hydrogens is 250 g/mol. The first kappa shape index (κ1) is 11.0. The van der Waals surface area contributed by atoms with Gasteiger partial charge < -0.3 is 10.2 Å². The Morgan fingerprint density at radius 3 is 3.06 bits per heavy atom. The number of rotatable bonds is 1. The molecule has 1 aliphatic rings. The summed E-state index contributed by atoms with van der Waals surface area (Å²) in [6, 6.07) is 9.31. The van der Waals surface area contributed by atoms with Crippen molar-refractivity contribution in [1.29, 1.82) is 0 Å². The van der Waals surface area contributed by atoms with Crippen molar-refractivity contribution in [2.45, 2.75) is 0 Å². The van der Waals surface area contributed by atoms with Gasteiger partial charge in [-0.05, 0) is 24.3 Å². The molecule has 0 bridgehead atoms. The topological polar surface area (TPSA) is 45.2 Å². The van der Waals surface area contributed by atoms with Crippen LogP contribution in [0.3, 0.4) is 0 Å². The minimum atomic E-state index is -0.0597. The SMILES string of the molecule is O=C1CN(c2cccc(Cl)c2)c2ccncc2N1. The molecule has 4 nitrogen and oxygen atoms in total. The number of aromatic nitrogens is 1. The molecule has 1 N–H and O–H groups in total. The smallest absolute Gasteiger partial charge is 0.244 e. The predicted octanol–water partition coefficient (Wildman–Crippen LogP) is 2.83. The van der Waals surface area contributed by atoms with E-state index in [4.69, 9.17) is 11.6 Å². The highest BCUT2D eigenvalue weighted by atomic mass is 35.5. The summed E-state index contributed by atoms with van der Waals surface area (Å²) in [4.78, 5) is 17.6. The molecule has 0 fully saturated rings. The first-order valence-electron chi connectivity index (χ1n) is 5.51. The van der Waals surface area contributed by atoms with E-state index in [1.807, 2.05) is 35.2 Å². The van der Waals surface area contributed by atoms with Gasteiger partial charge in [-0.1, -0.05) is 17.7 Å². The largest absolute Gasteiger partial charge is 0.330 e. The molecule has 2 heterocycles. The van der Waals surface area contributed by atoms with Gasteiger partial charge in [0.1, 0.15) is 6.54 Å². The van der Waals surface area contributed by atoms with Gasteiger partial charge in [0, 0.05) is 16.9 Å². The van der Waals surface area contributed by atoms with E-state index in [-0.39, 0.29) is 12.5 Å². The molecule has 0 atom stereocenters. The molecule has 0 unspecified atom stereocenters. The van der Waals surface area contributed by atoms with E-state index in [9.17, 15) is 4.79 Å². The summed E-state index contributed by atoms with van der Waals surface area (Å²) in [6.07, 6.45) is 3.35. The van der Waals surface area contributed by atoms with Crippen LogP contribution in [0.15, 0.2) is 42.7 Å². The van der Waals surface area contributed by atoms with Crippen LogP contribution in [0.1, 0.15) is 0 Å². The molecule has 0 saturated carbocycles. The molecule has 90 valence electrons. The number of anilines is 3. The normalized spacial score (nSPS) is 14.1. The third-order valence-corrected chi connectivity index (χ3v) is 3.02. The lowest BCUT2D eigenvalue weighted by Crippen LogP contribution is -2.35. The van der Waals surface area contributed by atoms with Crippen LogP contribution in [0.2, 0.25) is 5.02 Å². The number of pyridine rings is 1. The van der Waals surface area contributed by atoms with Crippen molar-refractivity contribution < 1.29 is 4.79 Å². The number of hydrogen-bond acceptors (Lipinski definition) is 3. The molecule has 2 aromatic rings. The van der Waals surface area contributed by atoms with Crippen molar-refractivity contribution in [3.05, 3.63) is 47.7 Å². The van der Waals surface area contributed by atoms with E-state index in [0.29, 0.717) is 10.7 Å². The zero-order valence-electron chi connectivity index (χ0n) is 9.43. The maximum absolute atomic E-state index is 11.7. The molecule has 1 aromatic heterocycles. The van der Waals surface area contributed by atoms with Crippen molar-refractivity contribution in [2.24, 2.45) is 0 Å². The summed E-state index contributed by atoms with van der Waals surface area (Å²) in [5.74, 6) is -0.0597. The summed E-state index contributed by atoms with van der Waals surface area (Å²) in [5, 5.41) is 3.45. The molecule has 5 heteroatoms. The Kier molecular flexibility index (Phi) is 2.64. The summed E-state index contributed by atoms with van der Waals surface area (Å²) in [7, 11) is 0. The lowest BCUT2D eigenvalue weighted by molar-refractivity contribution is -0.115. The molecule has 1 aromatic carbocycles. The van der Waals surface area contributed by atoms with Gasteiger partial charge in [-0.15, -0.1) is 0 Å². The van der Waals surface area contributed by atoms with E-state index in [2.05, 4.69) is 10.3 Å². The second-order valence-corrected chi connectivity index (χ2v) is 4.44. The quantitative estimate of drug-likeness (QED) is 0.857. The zero-order valence-corrected chi connectivity index (χ0v) is 10.2. The fourth-order valence-corrected chi connectivity index (χ4v) is 2.20. The predicted molar refractivity (Wildman–Crippen MR) is 71.3 cm³/mol. The maximum atomic E-state index is 11.7. The number of hydrogen-bond donors (Lipinski definition) is 1. The fraction of sp³-hybridized carbons (Fsp3) is 0.0769. The van der Waals surface area contributed by atoms with Crippen molar-refractivity contribution in [2.75, 3.05) is 16.8 Å². The average molecular weight is 260 g/mol. The molecule has 1 amide bonds. The number of benzene rings is 1. The van der Waals surface area contributed by atoms with Gasteiger partial charge >= 0.3 is 0 Å². The molecule has 0 aliphatic carbocycles. The Bertz CT molecular complexity index is 615. The second-order valence-electron chi connectivity index (χ2n) is 4.01. The van der Waals surface area contributed by atoms with Gasteiger partial charge in [0.15, 0.2) is 0 Å². The van der Waals surface area contributed by atoms with Crippen LogP contribution in [-0.2, 0) is 4.79 Å². The number of nitrogens with zero attached hydrogens (tertiary/aromatic N) is 2. The molecule has 0 saturated heterocycles. The van der Waals surface area contributed by atoms with Gasteiger partial charge in [0.05, 0.1) is 17.6 Å². The van der Waals surface area contributed by atoms with Gasteiger partial charge in [-0.25, -0.2) is 0 Å². The van der Waals surface area contributed by atoms with Crippen molar-refractivity contribution >= 4 is 34.6 Å². The maximum Gasteiger partial charge on any atom is 0.244 e. The van der Waals surface area contributed by atoms with Crippen molar-refractivity contribution in [3.63, 3.8) is 0 Å². The minimum Gasteiger partial charge on any atom is -0.330 e. The van der Waals surface area contributed by atoms with Gasteiger partial charge in [-0.2, -0.15) is 0 Å². The average Bonchev–Trinajstić information content (AvgIpc) is 2.37.